The van der Waals surface area contributed by atoms with Gasteiger partial charge in [-0.2, -0.15) is 0 Å². The van der Waals surface area contributed by atoms with Crippen molar-refractivity contribution in [3.8, 4) is 17.2 Å². The highest BCUT2D eigenvalue weighted by Gasteiger charge is 2.16. The maximum Gasteiger partial charge on any atom is 0.331 e. The van der Waals surface area contributed by atoms with Crippen molar-refractivity contribution in [1.82, 2.24) is 5.32 Å². The molecule has 0 saturated carbocycles. The number of carbonyl (C=O) groups is 2. The molecule has 0 saturated heterocycles. The number of ether oxygens (including phenoxy) is 4. The van der Waals surface area contributed by atoms with E-state index < -0.39 is 12.1 Å². The second-order valence-electron chi connectivity index (χ2n) is 6.56. The van der Waals surface area contributed by atoms with Crippen LogP contribution in [-0.2, 0) is 20.9 Å². The lowest BCUT2D eigenvalue weighted by atomic mass is 10.1. The molecule has 1 amide bonds. The highest BCUT2D eigenvalue weighted by molar-refractivity contribution is 5.90. The summed E-state index contributed by atoms with van der Waals surface area (Å²) in [7, 11) is 4.55. The minimum atomic E-state index is -0.931. The number of carbonyl (C=O) groups excluding carboxylic acids is 2. The molecular formula is C23H27NO6. The zero-order valence-corrected chi connectivity index (χ0v) is 17.9. The van der Waals surface area contributed by atoms with Gasteiger partial charge in [0.2, 0.25) is 0 Å². The Labute approximate surface area is 176 Å². The smallest absolute Gasteiger partial charge is 0.331 e. The molecule has 2 aromatic rings. The summed E-state index contributed by atoms with van der Waals surface area (Å²) in [6.45, 7) is 3.88. The highest BCUT2D eigenvalue weighted by Crippen LogP contribution is 2.35. The molecule has 0 bridgehead atoms. The lowest BCUT2D eigenvalue weighted by Crippen LogP contribution is -2.35. The summed E-state index contributed by atoms with van der Waals surface area (Å²) in [5.74, 6) is 0.481. The molecule has 0 fully saturated rings. The molecule has 0 aromatic heterocycles. The summed E-state index contributed by atoms with van der Waals surface area (Å²) < 4.78 is 21.0. The van der Waals surface area contributed by atoms with Crippen LogP contribution in [0, 0.1) is 6.92 Å². The summed E-state index contributed by atoms with van der Waals surface area (Å²) in [5.41, 5.74) is 2.71. The fraction of sp³-hybridized carbons (Fsp3) is 0.304. The summed E-state index contributed by atoms with van der Waals surface area (Å²) in [6, 6.07) is 11.2. The number of methoxy groups -OCH3 is 3. The lowest BCUT2D eigenvalue weighted by Gasteiger charge is -2.13. The molecule has 0 heterocycles. The van der Waals surface area contributed by atoms with Crippen LogP contribution in [0.4, 0.5) is 0 Å². The van der Waals surface area contributed by atoms with Crippen LogP contribution in [0.25, 0.3) is 6.08 Å². The van der Waals surface area contributed by atoms with E-state index in [0.717, 1.165) is 11.1 Å². The third-order valence-corrected chi connectivity index (χ3v) is 4.38. The Morgan fingerprint density at radius 2 is 1.57 bits per heavy atom. The zero-order chi connectivity index (χ0) is 22.1. The Kier molecular flexibility index (Phi) is 8.29. The molecule has 2 aromatic carbocycles. The Hall–Kier alpha value is -3.48. The van der Waals surface area contributed by atoms with Crippen LogP contribution in [0.1, 0.15) is 23.6 Å². The van der Waals surface area contributed by atoms with Crippen molar-refractivity contribution in [2.45, 2.75) is 26.5 Å². The molecule has 160 valence electrons. The van der Waals surface area contributed by atoms with Crippen molar-refractivity contribution in [2.75, 3.05) is 21.3 Å². The van der Waals surface area contributed by atoms with Gasteiger partial charge in [-0.15, -0.1) is 0 Å². The topological polar surface area (TPSA) is 83.1 Å². The van der Waals surface area contributed by atoms with Crippen LogP contribution in [0.3, 0.4) is 0 Å². The first-order chi connectivity index (χ1) is 14.4. The molecule has 1 N–H and O–H groups in total. The molecule has 0 aliphatic heterocycles. The minimum Gasteiger partial charge on any atom is -0.496 e. The lowest BCUT2D eigenvalue weighted by molar-refractivity contribution is -0.150. The predicted octanol–water partition coefficient (Wildman–Crippen LogP) is 3.28. The molecular weight excluding hydrogens is 386 g/mol. The first-order valence-corrected chi connectivity index (χ1v) is 9.40. The number of esters is 1. The van der Waals surface area contributed by atoms with Crippen LogP contribution >= 0.6 is 0 Å². The van der Waals surface area contributed by atoms with Crippen molar-refractivity contribution >= 4 is 18.0 Å². The largest absolute Gasteiger partial charge is 0.496 e. The maximum absolute atomic E-state index is 12.2. The van der Waals surface area contributed by atoms with E-state index in [9.17, 15) is 9.59 Å². The van der Waals surface area contributed by atoms with E-state index in [-0.39, 0.29) is 5.91 Å². The molecule has 0 spiro atoms. The molecule has 2 rings (SSSR count). The summed E-state index contributed by atoms with van der Waals surface area (Å²) >= 11 is 0. The van der Waals surface area contributed by atoms with Gasteiger partial charge in [0.1, 0.15) is 5.75 Å². The Balaban J connectivity index is 1.96. The molecule has 7 nitrogen and oxygen atoms in total. The molecule has 1 atom stereocenters. The van der Waals surface area contributed by atoms with Crippen molar-refractivity contribution in [1.29, 1.82) is 0 Å². The second-order valence-corrected chi connectivity index (χ2v) is 6.56. The van der Waals surface area contributed by atoms with Gasteiger partial charge in [0.25, 0.3) is 5.91 Å². The van der Waals surface area contributed by atoms with Crippen LogP contribution < -0.4 is 19.5 Å². The highest BCUT2D eigenvalue weighted by atomic mass is 16.5. The van der Waals surface area contributed by atoms with Crippen LogP contribution in [0.15, 0.2) is 42.5 Å². The van der Waals surface area contributed by atoms with Crippen molar-refractivity contribution < 1.29 is 28.5 Å². The van der Waals surface area contributed by atoms with E-state index in [1.807, 2.05) is 31.2 Å². The Bertz CT molecular complexity index is 905. The van der Waals surface area contributed by atoms with Gasteiger partial charge < -0.3 is 24.3 Å². The maximum atomic E-state index is 12.2. The monoisotopic (exact) mass is 413 g/mol. The van der Waals surface area contributed by atoms with Gasteiger partial charge in [-0.05, 0) is 31.6 Å². The van der Waals surface area contributed by atoms with Gasteiger partial charge in [-0.3, -0.25) is 4.79 Å². The van der Waals surface area contributed by atoms with Crippen molar-refractivity contribution in [3.05, 3.63) is 59.2 Å². The standard InChI is InChI=1S/C23H27NO6/c1-15-6-8-17(9-7-15)14-24-23(26)16(2)30-22(25)11-10-18-12-20(28-4)21(29-5)13-19(18)27-3/h6-13,16H,14H2,1-5H3,(H,24,26)/b11-10+. The van der Waals surface area contributed by atoms with E-state index in [1.165, 1.54) is 40.4 Å². The molecule has 1 unspecified atom stereocenters. The average Bonchev–Trinajstić information content (AvgIpc) is 2.76. The van der Waals surface area contributed by atoms with E-state index in [4.69, 9.17) is 18.9 Å². The molecule has 30 heavy (non-hydrogen) atoms. The Morgan fingerprint density at radius 3 is 2.17 bits per heavy atom. The van der Waals surface area contributed by atoms with Gasteiger partial charge >= 0.3 is 5.97 Å². The minimum absolute atomic E-state index is 0.361. The normalized spacial score (nSPS) is 11.6. The third-order valence-electron chi connectivity index (χ3n) is 4.38. The number of amides is 1. The first-order valence-electron chi connectivity index (χ1n) is 9.40. The zero-order valence-electron chi connectivity index (χ0n) is 17.9. The molecule has 0 radical (unpaired) electrons. The Morgan fingerprint density at radius 1 is 0.967 bits per heavy atom. The second kappa shape index (κ2) is 10.9. The molecule has 7 heteroatoms. The summed E-state index contributed by atoms with van der Waals surface area (Å²) in [4.78, 5) is 24.3. The third kappa shape index (κ3) is 6.27. The van der Waals surface area contributed by atoms with Gasteiger partial charge in [-0.1, -0.05) is 29.8 Å². The van der Waals surface area contributed by atoms with Crippen LogP contribution in [-0.4, -0.2) is 39.3 Å². The van der Waals surface area contributed by atoms with Crippen LogP contribution in [0.5, 0.6) is 17.2 Å². The van der Waals surface area contributed by atoms with E-state index >= 15 is 0 Å². The van der Waals surface area contributed by atoms with Crippen molar-refractivity contribution in [2.24, 2.45) is 0 Å². The van der Waals surface area contributed by atoms with Crippen LogP contribution in [0.2, 0.25) is 0 Å². The van der Waals surface area contributed by atoms with Gasteiger partial charge in [0.05, 0.1) is 21.3 Å². The number of aryl methyl sites for hydroxylation is 1. The number of hydrogen-bond donors (Lipinski definition) is 1. The number of hydrogen-bond acceptors (Lipinski definition) is 6. The van der Waals surface area contributed by atoms with Gasteiger partial charge in [0, 0.05) is 24.3 Å². The summed E-state index contributed by atoms with van der Waals surface area (Å²) in [6.07, 6.45) is 1.83. The quantitative estimate of drug-likeness (QED) is 0.502. The SMILES string of the molecule is COc1cc(OC)c(OC)cc1/C=C/C(=O)OC(C)C(=O)NCc1ccc(C)cc1. The fourth-order valence-electron chi connectivity index (χ4n) is 2.65. The number of benzene rings is 2. The first kappa shape index (κ1) is 22.8. The van der Waals surface area contributed by atoms with Gasteiger partial charge in [-0.25, -0.2) is 4.79 Å². The van der Waals surface area contributed by atoms with E-state index in [2.05, 4.69) is 5.32 Å². The number of rotatable bonds is 9. The van der Waals surface area contributed by atoms with E-state index in [1.54, 1.807) is 12.1 Å². The number of nitrogens with one attached hydrogen (secondary N) is 1. The predicted molar refractivity (Wildman–Crippen MR) is 114 cm³/mol. The summed E-state index contributed by atoms with van der Waals surface area (Å²) in [5, 5.41) is 2.75. The fourth-order valence-corrected chi connectivity index (χ4v) is 2.65. The molecule has 0 aliphatic rings. The van der Waals surface area contributed by atoms with Crippen molar-refractivity contribution in [3.63, 3.8) is 0 Å². The molecule has 0 aliphatic carbocycles. The van der Waals surface area contributed by atoms with Gasteiger partial charge in [0.15, 0.2) is 17.6 Å². The van der Waals surface area contributed by atoms with E-state index in [0.29, 0.717) is 29.4 Å². The average molecular weight is 413 g/mol.